The predicted octanol–water partition coefficient (Wildman–Crippen LogP) is 4.66. The van der Waals surface area contributed by atoms with E-state index in [1.807, 2.05) is 34.6 Å². The molecule has 0 heterocycles. The van der Waals surface area contributed by atoms with Crippen LogP contribution >= 0.6 is 12.6 Å². The summed E-state index contributed by atoms with van der Waals surface area (Å²) in [7, 11) is -8.12. The first-order valence-electron chi connectivity index (χ1n) is 11.1. The first kappa shape index (κ1) is 32.1. The van der Waals surface area contributed by atoms with Crippen LogP contribution in [0, 0.1) is 21.7 Å². The molecule has 0 aromatic carbocycles. The smallest absolute Gasteiger partial charge is 0.265 e. The molecule has 0 rings (SSSR count). The first-order chi connectivity index (χ1) is 13.8. The maximum absolute atomic E-state index is 11.4. The van der Waals surface area contributed by atoms with Crippen molar-refractivity contribution in [2.75, 3.05) is 31.1 Å². The Kier molecular flexibility index (Phi) is 11.3. The highest BCUT2D eigenvalue weighted by molar-refractivity contribution is 7.86. The van der Waals surface area contributed by atoms with Crippen LogP contribution in [-0.4, -0.2) is 67.2 Å². The summed E-state index contributed by atoms with van der Waals surface area (Å²) in [5, 5.41) is 0.232. The van der Waals surface area contributed by atoms with Gasteiger partial charge in [-0.1, -0.05) is 62.3 Å². The summed E-state index contributed by atoms with van der Waals surface area (Å²) in [6.45, 7) is 20.1. The van der Waals surface area contributed by atoms with Gasteiger partial charge < -0.3 is 4.90 Å². The van der Waals surface area contributed by atoms with Crippen LogP contribution < -0.4 is 0 Å². The molecule has 0 spiro atoms. The molecule has 194 valence electrons. The number of nitrogens with zero attached hydrogens (tertiary/aromatic N) is 1. The fourth-order valence-electron chi connectivity index (χ4n) is 5.59. The maximum atomic E-state index is 11.4. The lowest BCUT2D eigenvalue weighted by atomic mass is 9.74. The van der Waals surface area contributed by atoms with Crippen LogP contribution in [0.4, 0.5) is 0 Å². The van der Waals surface area contributed by atoms with Crippen LogP contribution in [0.3, 0.4) is 0 Å². The van der Waals surface area contributed by atoms with Crippen molar-refractivity contribution in [2.24, 2.45) is 21.7 Å². The molecule has 0 bridgehead atoms. The lowest BCUT2D eigenvalue weighted by molar-refractivity contribution is 0.0793. The van der Waals surface area contributed by atoms with E-state index in [2.05, 4.69) is 45.2 Å². The van der Waals surface area contributed by atoms with Crippen molar-refractivity contribution >= 4 is 32.9 Å². The van der Waals surface area contributed by atoms with E-state index in [-0.39, 0.29) is 27.6 Å². The van der Waals surface area contributed by atoms with Gasteiger partial charge in [-0.15, -0.1) is 0 Å². The van der Waals surface area contributed by atoms with Gasteiger partial charge in [-0.05, 0) is 47.5 Å². The molecule has 0 fully saturated rings. The summed E-state index contributed by atoms with van der Waals surface area (Å²) >= 11 is 4.51. The molecular formula is C22H47NO6S3. The van der Waals surface area contributed by atoms with Gasteiger partial charge in [0, 0.05) is 18.3 Å². The van der Waals surface area contributed by atoms with Crippen LogP contribution in [0.2, 0.25) is 0 Å². The summed E-state index contributed by atoms with van der Waals surface area (Å²) in [6, 6.07) is 0. The topological polar surface area (TPSA) is 112 Å². The Morgan fingerprint density at radius 1 is 0.719 bits per heavy atom. The Bertz CT molecular complexity index is 738. The van der Waals surface area contributed by atoms with Gasteiger partial charge in [0.05, 0.1) is 11.5 Å². The summed E-state index contributed by atoms with van der Waals surface area (Å²) in [5.74, 6) is -0.571. The number of hydrogen-bond donors (Lipinski definition) is 3. The van der Waals surface area contributed by atoms with E-state index in [1.165, 1.54) is 0 Å². The zero-order chi connectivity index (χ0) is 25.8. The standard InChI is InChI=1S/C22H47NO6S3/c1-18(30)10-11-23(14-19(2,3)12-21(6,7)16-31(24,25)26)15-20(4,5)13-22(8,9)17-32(27,28)29/h18,30H,10-17H2,1-9H3,(H,24,25,26)(H,27,28,29). The second kappa shape index (κ2) is 11.2. The predicted molar refractivity (Wildman–Crippen MR) is 137 cm³/mol. The van der Waals surface area contributed by atoms with Gasteiger partial charge in [0.1, 0.15) is 0 Å². The van der Waals surface area contributed by atoms with Crippen LogP contribution in [0.15, 0.2) is 0 Å². The van der Waals surface area contributed by atoms with E-state index in [4.69, 9.17) is 0 Å². The third kappa shape index (κ3) is 16.7. The van der Waals surface area contributed by atoms with Gasteiger partial charge in [-0.2, -0.15) is 29.5 Å². The third-order valence-corrected chi connectivity index (χ3v) is 7.78. The fraction of sp³-hybridized carbons (Fsp3) is 1.00. The average molecular weight is 518 g/mol. The van der Waals surface area contributed by atoms with E-state index in [0.29, 0.717) is 12.8 Å². The van der Waals surface area contributed by atoms with Gasteiger partial charge in [0.2, 0.25) is 0 Å². The third-order valence-electron chi connectivity index (χ3n) is 5.23. The molecule has 0 aromatic rings. The van der Waals surface area contributed by atoms with Crippen molar-refractivity contribution in [1.29, 1.82) is 0 Å². The van der Waals surface area contributed by atoms with Crippen molar-refractivity contribution in [3.8, 4) is 0 Å². The van der Waals surface area contributed by atoms with Crippen molar-refractivity contribution in [2.45, 2.75) is 86.8 Å². The zero-order valence-corrected chi connectivity index (χ0v) is 24.0. The molecule has 7 nitrogen and oxygen atoms in total. The Morgan fingerprint density at radius 2 is 1.03 bits per heavy atom. The second-order valence-corrected chi connectivity index (χ2v) is 16.6. The first-order valence-corrected chi connectivity index (χ1v) is 14.9. The minimum atomic E-state index is -4.06. The van der Waals surface area contributed by atoms with Crippen LogP contribution in [-0.2, 0) is 20.2 Å². The molecule has 0 aliphatic heterocycles. The quantitative estimate of drug-likeness (QED) is 0.214. The Labute approximate surface area is 203 Å². The molecule has 0 aliphatic carbocycles. The highest BCUT2D eigenvalue weighted by Crippen LogP contribution is 2.38. The molecule has 0 amide bonds. The highest BCUT2D eigenvalue weighted by Gasteiger charge is 2.37. The Balaban J connectivity index is 5.51. The molecule has 1 atom stereocenters. The summed E-state index contributed by atoms with van der Waals surface area (Å²) in [5.41, 5.74) is -1.58. The van der Waals surface area contributed by atoms with Crippen molar-refractivity contribution in [3.05, 3.63) is 0 Å². The molecule has 32 heavy (non-hydrogen) atoms. The maximum Gasteiger partial charge on any atom is 0.265 e. The minimum Gasteiger partial charge on any atom is -0.302 e. The molecule has 2 N–H and O–H groups in total. The van der Waals surface area contributed by atoms with Crippen LogP contribution in [0.1, 0.15) is 81.6 Å². The monoisotopic (exact) mass is 517 g/mol. The number of hydrogen-bond acceptors (Lipinski definition) is 6. The Morgan fingerprint density at radius 3 is 1.28 bits per heavy atom. The van der Waals surface area contributed by atoms with Gasteiger partial charge >= 0.3 is 0 Å². The number of rotatable bonds is 15. The summed E-state index contributed by atoms with van der Waals surface area (Å²) < 4.78 is 64.3. The van der Waals surface area contributed by atoms with E-state index in [9.17, 15) is 25.9 Å². The SMILES string of the molecule is CC(S)CCN(CC(C)(C)CC(C)(C)CS(=O)(=O)O)CC(C)(C)CC(C)(C)CS(=O)(=O)O. The second-order valence-electron chi connectivity index (χ2n) is 12.8. The van der Waals surface area contributed by atoms with E-state index < -0.39 is 31.1 Å². The van der Waals surface area contributed by atoms with Crippen molar-refractivity contribution in [3.63, 3.8) is 0 Å². The molecule has 0 saturated heterocycles. The molecule has 0 radical (unpaired) electrons. The van der Waals surface area contributed by atoms with E-state index in [1.54, 1.807) is 0 Å². The van der Waals surface area contributed by atoms with Crippen molar-refractivity contribution < 1.29 is 25.9 Å². The molecule has 1 unspecified atom stereocenters. The highest BCUT2D eigenvalue weighted by atomic mass is 32.2. The molecule has 0 aromatic heterocycles. The lowest BCUT2D eigenvalue weighted by Crippen LogP contribution is -2.44. The summed E-state index contributed by atoms with van der Waals surface area (Å²) in [6.07, 6.45) is 2.11. The number of thiol groups is 1. The van der Waals surface area contributed by atoms with Gasteiger partial charge in [-0.25, -0.2) is 0 Å². The molecule has 10 heteroatoms. The van der Waals surface area contributed by atoms with Crippen molar-refractivity contribution in [1.82, 2.24) is 4.90 Å². The van der Waals surface area contributed by atoms with Crippen LogP contribution in [0.5, 0.6) is 0 Å². The normalized spacial score (nSPS) is 15.9. The van der Waals surface area contributed by atoms with Gasteiger partial charge in [0.15, 0.2) is 0 Å². The minimum absolute atomic E-state index is 0.214. The fourth-order valence-corrected chi connectivity index (χ4v) is 7.88. The molecular weight excluding hydrogens is 470 g/mol. The van der Waals surface area contributed by atoms with Gasteiger partial charge in [-0.3, -0.25) is 9.11 Å². The largest absolute Gasteiger partial charge is 0.302 e. The van der Waals surface area contributed by atoms with E-state index in [0.717, 1.165) is 26.1 Å². The van der Waals surface area contributed by atoms with Gasteiger partial charge in [0.25, 0.3) is 20.2 Å². The average Bonchev–Trinajstić information content (AvgIpc) is 2.34. The molecule has 0 saturated carbocycles. The summed E-state index contributed by atoms with van der Waals surface area (Å²) in [4.78, 5) is 2.35. The van der Waals surface area contributed by atoms with E-state index >= 15 is 0 Å². The van der Waals surface area contributed by atoms with Crippen LogP contribution in [0.25, 0.3) is 0 Å². The molecule has 0 aliphatic rings. The Hall–Kier alpha value is 0.130. The zero-order valence-electron chi connectivity index (χ0n) is 21.5. The lowest BCUT2D eigenvalue weighted by Gasteiger charge is -2.42.